The fourth-order valence-corrected chi connectivity index (χ4v) is 8.91. The van der Waals surface area contributed by atoms with Gasteiger partial charge < -0.3 is 0 Å². The van der Waals surface area contributed by atoms with Crippen LogP contribution < -0.4 is 0 Å². The Morgan fingerprint density at radius 1 is 0.185 bits per heavy atom. The van der Waals surface area contributed by atoms with Crippen molar-refractivity contribution in [3.63, 3.8) is 0 Å². The Morgan fingerprint density at radius 3 is 1.24 bits per heavy atom. The molecule has 0 heteroatoms. The largest absolute Gasteiger partial charge is 0.0616 e. The second-order valence-corrected chi connectivity index (χ2v) is 14.4. The van der Waals surface area contributed by atoms with Gasteiger partial charge in [-0.05, 0) is 127 Å². The molecule has 0 aromatic heterocycles. The van der Waals surface area contributed by atoms with Crippen LogP contribution in [0.4, 0.5) is 0 Å². The van der Waals surface area contributed by atoms with E-state index in [1.54, 1.807) is 0 Å². The van der Waals surface area contributed by atoms with Crippen LogP contribution in [0.3, 0.4) is 0 Å². The molecule has 0 bridgehead atoms. The van der Waals surface area contributed by atoms with Crippen molar-refractivity contribution in [1.82, 2.24) is 0 Å². The van der Waals surface area contributed by atoms with Crippen molar-refractivity contribution in [3.05, 3.63) is 206 Å². The van der Waals surface area contributed by atoms with Crippen LogP contribution in [-0.4, -0.2) is 0 Å². The molecule has 0 spiro atoms. The van der Waals surface area contributed by atoms with E-state index < -0.39 is 0 Å². The summed E-state index contributed by atoms with van der Waals surface area (Å²) in [5.41, 5.74) is 9.98. The molecular formula is C54H34. The zero-order chi connectivity index (χ0) is 35.6. The summed E-state index contributed by atoms with van der Waals surface area (Å²) in [6.07, 6.45) is 0. The average Bonchev–Trinajstić information content (AvgIpc) is 3.24. The molecule has 0 nitrogen and oxygen atoms in total. The van der Waals surface area contributed by atoms with Gasteiger partial charge in [-0.15, -0.1) is 0 Å². The molecule has 0 aliphatic carbocycles. The smallest absolute Gasteiger partial charge is 0.00259 e. The fourth-order valence-electron chi connectivity index (χ4n) is 8.91. The van der Waals surface area contributed by atoms with Gasteiger partial charge in [0.05, 0.1) is 0 Å². The molecule has 0 fully saturated rings. The van der Waals surface area contributed by atoms with E-state index in [0.29, 0.717) is 0 Å². The van der Waals surface area contributed by atoms with Crippen LogP contribution in [-0.2, 0) is 0 Å². The van der Waals surface area contributed by atoms with Gasteiger partial charge in [0.2, 0.25) is 0 Å². The zero-order valence-electron chi connectivity index (χ0n) is 29.6. The SMILES string of the molecule is c1ccc2cc(-c3c4ccccc4c(-c4ccc5ccccc5c4)c4cc(-c5cccc6c(-c7cccc8ccccc78)cccc56)ccc34)ccc2c1. The molecule has 0 saturated carbocycles. The highest BCUT2D eigenvalue weighted by Crippen LogP contribution is 2.46. The number of hydrogen-bond acceptors (Lipinski definition) is 0. The van der Waals surface area contributed by atoms with Crippen LogP contribution in [0.1, 0.15) is 0 Å². The van der Waals surface area contributed by atoms with Crippen molar-refractivity contribution in [3.8, 4) is 44.5 Å². The normalized spacial score (nSPS) is 11.7. The molecule has 0 N–H and O–H groups in total. The lowest BCUT2D eigenvalue weighted by atomic mass is 9.83. The zero-order valence-corrected chi connectivity index (χ0v) is 29.6. The predicted molar refractivity (Wildman–Crippen MR) is 233 cm³/mol. The van der Waals surface area contributed by atoms with E-state index in [0.717, 1.165) is 0 Å². The maximum Gasteiger partial charge on any atom is -0.00259 e. The van der Waals surface area contributed by atoms with Gasteiger partial charge in [0.1, 0.15) is 0 Å². The molecule has 11 aromatic rings. The molecule has 54 heavy (non-hydrogen) atoms. The molecule has 0 aliphatic rings. The summed E-state index contributed by atoms with van der Waals surface area (Å²) in [7, 11) is 0. The van der Waals surface area contributed by atoms with Gasteiger partial charge in [-0.2, -0.15) is 0 Å². The van der Waals surface area contributed by atoms with Crippen molar-refractivity contribution >= 4 is 64.6 Å². The molecular weight excluding hydrogens is 649 g/mol. The number of rotatable bonds is 4. The molecule has 0 radical (unpaired) electrons. The van der Waals surface area contributed by atoms with E-state index in [-0.39, 0.29) is 0 Å². The molecule has 0 unspecified atom stereocenters. The lowest BCUT2D eigenvalue weighted by molar-refractivity contribution is 1.65. The first-order valence-electron chi connectivity index (χ1n) is 18.8. The van der Waals surface area contributed by atoms with Gasteiger partial charge in [0, 0.05) is 0 Å². The highest BCUT2D eigenvalue weighted by atomic mass is 14.2. The van der Waals surface area contributed by atoms with Gasteiger partial charge in [-0.25, -0.2) is 0 Å². The Balaban J connectivity index is 1.21. The summed E-state index contributed by atoms with van der Waals surface area (Å²) in [5.74, 6) is 0. The third kappa shape index (κ3) is 4.85. The van der Waals surface area contributed by atoms with Crippen LogP contribution in [0, 0.1) is 0 Å². The van der Waals surface area contributed by atoms with Gasteiger partial charge in [0.15, 0.2) is 0 Å². The first kappa shape index (κ1) is 30.6. The van der Waals surface area contributed by atoms with E-state index in [2.05, 4.69) is 206 Å². The topological polar surface area (TPSA) is 0 Å². The highest BCUT2D eigenvalue weighted by Gasteiger charge is 2.19. The monoisotopic (exact) mass is 682 g/mol. The minimum Gasteiger partial charge on any atom is -0.0616 e. The van der Waals surface area contributed by atoms with Crippen LogP contribution in [0.2, 0.25) is 0 Å². The maximum atomic E-state index is 2.45. The second-order valence-electron chi connectivity index (χ2n) is 14.4. The molecule has 250 valence electrons. The lowest BCUT2D eigenvalue weighted by Crippen LogP contribution is -1.92. The molecule has 0 aliphatic heterocycles. The Hall–Kier alpha value is -7.02. The fraction of sp³-hybridized carbons (Fsp3) is 0. The number of benzene rings is 11. The van der Waals surface area contributed by atoms with Gasteiger partial charge >= 0.3 is 0 Å². The van der Waals surface area contributed by atoms with E-state index in [1.165, 1.54) is 109 Å². The Morgan fingerprint density at radius 2 is 0.593 bits per heavy atom. The summed E-state index contributed by atoms with van der Waals surface area (Å²) >= 11 is 0. The minimum absolute atomic E-state index is 1.21. The Labute approximate surface area is 314 Å². The molecule has 0 amide bonds. The van der Waals surface area contributed by atoms with Crippen molar-refractivity contribution in [1.29, 1.82) is 0 Å². The van der Waals surface area contributed by atoms with Gasteiger partial charge in [-0.3, -0.25) is 0 Å². The molecule has 11 rings (SSSR count). The maximum absolute atomic E-state index is 2.45. The third-order valence-electron chi connectivity index (χ3n) is 11.4. The second kappa shape index (κ2) is 12.3. The van der Waals surface area contributed by atoms with Crippen LogP contribution in [0.5, 0.6) is 0 Å². The van der Waals surface area contributed by atoms with E-state index in [9.17, 15) is 0 Å². The first-order valence-corrected chi connectivity index (χ1v) is 18.8. The molecule has 0 heterocycles. The van der Waals surface area contributed by atoms with Crippen molar-refractivity contribution in [2.24, 2.45) is 0 Å². The Bertz CT molecular complexity index is 3270. The molecule has 0 atom stereocenters. The highest BCUT2D eigenvalue weighted by molar-refractivity contribution is 6.23. The van der Waals surface area contributed by atoms with Crippen LogP contribution in [0.25, 0.3) is 109 Å². The standard InChI is InChI=1S/C54H34/c1-3-15-38-32-41(28-26-35(38)12-1)53-49-19-7-8-20-50(49)54(42-29-27-36-13-2-4-16-39(36)33-42)52-34-40(30-31-51(52)53)44-21-10-24-48-46(44)23-11-25-47(48)45-22-9-17-37-14-5-6-18-43(37)45/h1-34H. The Kier molecular flexibility index (Phi) is 6.97. The van der Waals surface area contributed by atoms with E-state index in [1.807, 2.05) is 0 Å². The van der Waals surface area contributed by atoms with Crippen molar-refractivity contribution in [2.75, 3.05) is 0 Å². The summed E-state index contributed by atoms with van der Waals surface area (Å²) < 4.78 is 0. The lowest BCUT2D eigenvalue weighted by Gasteiger charge is -2.20. The van der Waals surface area contributed by atoms with Crippen LogP contribution in [0.15, 0.2) is 206 Å². The minimum atomic E-state index is 1.21. The van der Waals surface area contributed by atoms with Crippen molar-refractivity contribution < 1.29 is 0 Å². The molecule has 0 saturated heterocycles. The summed E-state index contributed by atoms with van der Waals surface area (Å²) in [6.45, 7) is 0. The third-order valence-corrected chi connectivity index (χ3v) is 11.4. The van der Waals surface area contributed by atoms with E-state index in [4.69, 9.17) is 0 Å². The summed E-state index contributed by atoms with van der Waals surface area (Å²) in [4.78, 5) is 0. The van der Waals surface area contributed by atoms with Crippen molar-refractivity contribution in [2.45, 2.75) is 0 Å². The number of hydrogen-bond donors (Lipinski definition) is 0. The summed E-state index contributed by atoms with van der Waals surface area (Å²) in [5, 5.41) is 15.1. The van der Waals surface area contributed by atoms with Gasteiger partial charge in [-0.1, -0.05) is 188 Å². The van der Waals surface area contributed by atoms with E-state index >= 15 is 0 Å². The van der Waals surface area contributed by atoms with Gasteiger partial charge in [0.25, 0.3) is 0 Å². The molecule has 11 aromatic carbocycles. The first-order chi connectivity index (χ1) is 26.8. The van der Waals surface area contributed by atoms with Crippen LogP contribution >= 0.6 is 0 Å². The summed E-state index contributed by atoms with van der Waals surface area (Å²) in [6, 6.07) is 76.3. The predicted octanol–water partition coefficient (Wildman–Crippen LogP) is 15.3. The average molecular weight is 683 g/mol. The number of fused-ring (bicyclic) bond motifs is 6. The quantitative estimate of drug-likeness (QED) is 0.162.